The van der Waals surface area contributed by atoms with Gasteiger partial charge in [-0.15, -0.1) is 0 Å². The van der Waals surface area contributed by atoms with Crippen LogP contribution in [0.3, 0.4) is 0 Å². The molecule has 0 saturated heterocycles. The molecule has 1 aromatic rings. The predicted octanol–water partition coefficient (Wildman–Crippen LogP) is 1.54. The van der Waals surface area contributed by atoms with Crippen LogP contribution in [-0.4, -0.2) is 31.8 Å². The summed E-state index contributed by atoms with van der Waals surface area (Å²) in [5, 5.41) is 2.87. The zero-order chi connectivity index (χ0) is 13.2. The summed E-state index contributed by atoms with van der Waals surface area (Å²) < 4.78 is 24.2. The molecule has 0 aliphatic carbocycles. The molecular weight excluding hydrogens is 249 g/mol. The minimum Gasteiger partial charge on any atom is -0.463 e. The van der Waals surface area contributed by atoms with Crippen LogP contribution in [0.5, 0.6) is 0 Å². The normalized spacial score (nSPS) is 21.5. The Balaban J connectivity index is 1.76. The summed E-state index contributed by atoms with van der Waals surface area (Å²) in [4.78, 5) is 8.47. The molecule has 3 rings (SSSR count). The Hall–Kier alpha value is -2.11. The molecule has 2 aliphatic rings. The van der Waals surface area contributed by atoms with E-state index in [2.05, 4.69) is 15.3 Å². The standard InChI is InChI=1S/C13H14FN3O2/c1-8-9(3-2-4-10(8)14)11-7-19-13(16-11)17-12-15-5-6-18-12/h2-4,11H,5-7H2,1H3,(H,15,16,17). The van der Waals surface area contributed by atoms with Gasteiger partial charge >= 0.3 is 0 Å². The molecule has 1 atom stereocenters. The molecule has 0 spiro atoms. The molecule has 1 unspecified atom stereocenters. The molecule has 1 aromatic carbocycles. The van der Waals surface area contributed by atoms with Gasteiger partial charge in [0.1, 0.15) is 25.1 Å². The lowest BCUT2D eigenvalue weighted by Gasteiger charge is -2.09. The molecule has 0 bridgehead atoms. The molecule has 19 heavy (non-hydrogen) atoms. The zero-order valence-electron chi connectivity index (χ0n) is 10.5. The number of hydrogen-bond donors (Lipinski definition) is 1. The Bertz CT molecular complexity index is 557. The highest BCUT2D eigenvalue weighted by atomic mass is 19.1. The van der Waals surface area contributed by atoms with E-state index in [1.807, 2.05) is 6.07 Å². The van der Waals surface area contributed by atoms with E-state index in [4.69, 9.17) is 9.47 Å². The van der Waals surface area contributed by atoms with Gasteiger partial charge in [0.2, 0.25) is 0 Å². The first-order valence-electron chi connectivity index (χ1n) is 6.14. The van der Waals surface area contributed by atoms with Gasteiger partial charge in [0.05, 0.1) is 6.54 Å². The summed E-state index contributed by atoms with van der Waals surface area (Å²) in [6.07, 6.45) is 0. The quantitative estimate of drug-likeness (QED) is 0.836. The second-order valence-electron chi connectivity index (χ2n) is 4.38. The smallest absolute Gasteiger partial charge is 0.293 e. The second kappa shape index (κ2) is 4.87. The van der Waals surface area contributed by atoms with Gasteiger partial charge in [0.25, 0.3) is 12.0 Å². The van der Waals surface area contributed by atoms with Crippen LogP contribution < -0.4 is 5.32 Å². The number of ether oxygens (including phenoxy) is 2. The Morgan fingerprint density at radius 3 is 3.00 bits per heavy atom. The fraction of sp³-hybridized carbons (Fsp3) is 0.385. The molecular formula is C13H14FN3O2. The van der Waals surface area contributed by atoms with Crippen molar-refractivity contribution in [1.29, 1.82) is 0 Å². The highest BCUT2D eigenvalue weighted by Crippen LogP contribution is 2.26. The fourth-order valence-corrected chi connectivity index (χ4v) is 2.09. The summed E-state index contributed by atoms with van der Waals surface area (Å²) in [5.41, 5.74) is 1.45. The van der Waals surface area contributed by atoms with Crippen LogP contribution in [0.1, 0.15) is 17.2 Å². The topological polar surface area (TPSA) is 55.2 Å². The summed E-state index contributed by atoms with van der Waals surface area (Å²) in [6.45, 7) is 3.35. The lowest BCUT2D eigenvalue weighted by atomic mass is 10.0. The van der Waals surface area contributed by atoms with Crippen LogP contribution in [0, 0.1) is 12.7 Å². The number of halogens is 1. The number of nitrogens with zero attached hydrogens (tertiary/aromatic N) is 2. The maximum absolute atomic E-state index is 13.5. The molecule has 0 amide bonds. The lowest BCUT2D eigenvalue weighted by molar-refractivity contribution is 0.300. The minimum absolute atomic E-state index is 0.194. The third-order valence-corrected chi connectivity index (χ3v) is 3.12. The molecule has 2 aliphatic heterocycles. The van der Waals surface area contributed by atoms with Crippen molar-refractivity contribution in [3.63, 3.8) is 0 Å². The van der Waals surface area contributed by atoms with Crippen molar-refractivity contribution in [3.8, 4) is 0 Å². The molecule has 0 fully saturated rings. The third kappa shape index (κ3) is 2.38. The Morgan fingerprint density at radius 1 is 1.32 bits per heavy atom. The van der Waals surface area contributed by atoms with Crippen LogP contribution in [0.15, 0.2) is 28.2 Å². The van der Waals surface area contributed by atoms with E-state index in [9.17, 15) is 4.39 Å². The first-order valence-corrected chi connectivity index (χ1v) is 6.14. The van der Waals surface area contributed by atoms with Crippen molar-refractivity contribution in [2.24, 2.45) is 9.98 Å². The van der Waals surface area contributed by atoms with Crippen LogP contribution >= 0.6 is 0 Å². The summed E-state index contributed by atoms with van der Waals surface area (Å²) >= 11 is 0. The summed E-state index contributed by atoms with van der Waals surface area (Å²) in [6, 6.07) is 5.59. The van der Waals surface area contributed by atoms with Crippen LogP contribution in [0.4, 0.5) is 4.39 Å². The van der Waals surface area contributed by atoms with Gasteiger partial charge in [0, 0.05) is 0 Å². The lowest BCUT2D eigenvalue weighted by Crippen LogP contribution is -2.30. The van der Waals surface area contributed by atoms with Gasteiger partial charge in [0.15, 0.2) is 0 Å². The molecule has 6 heteroatoms. The maximum atomic E-state index is 13.5. The van der Waals surface area contributed by atoms with Crippen LogP contribution in [0.25, 0.3) is 0 Å². The number of rotatable bonds is 1. The Kier molecular flexibility index (Phi) is 3.06. The molecule has 0 saturated carbocycles. The van der Waals surface area contributed by atoms with Gasteiger partial charge in [-0.25, -0.2) is 14.4 Å². The van der Waals surface area contributed by atoms with Crippen LogP contribution in [0.2, 0.25) is 0 Å². The average Bonchev–Trinajstić information content (AvgIpc) is 3.05. The van der Waals surface area contributed by atoms with E-state index >= 15 is 0 Å². The molecule has 100 valence electrons. The first kappa shape index (κ1) is 12.0. The van der Waals surface area contributed by atoms with Gasteiger partial charge in [-0.3, -0.25) is 5.32 Å². The molecule has 5 nitrogen and oxygen atoms in total. The van der Waals surface area contributed by atoms with E-state index < -0.39 is 0 Å². The second-order valence-corrected chi connectivity index (χ2v) is 4.38. The van der Waals surface area contributed by atoms with Gasteiger partial charge < -0.3 is 9.47 Å². The third-order valence-electron chi connectivity index (χ3n) is 3.12. The van der Waals surface area contributed by atoms with E-state index in [-0.39, 0.29) is 11.9 Å². The number of amidine groups is 2. The van der Waals surface area contributed by atoms with Crippen molar-refractivity contribution in [1.82, 2.24) is 5.32 Å². The largest absolute Gasteiger partial charge is 0.463 e. The highest BCUT2D eigenvalue weighted by molar-refractivity contribution is 5.94. The van der Waals surface area contributed by atoms with E-state index in [0.717, 1.165) is 5.56 Å². The van der Waals surface area contributed by atoms with Crippen molar-refractivity contribution in [2.75, 3.05) is 19.8 Å². The van der Waals surface area contributed by atoms with E-state index in [1.165, 1.54) is 6.07 Å². The van der Waals surface area contributed by atoms with Gasteiger partial charge in [-0.2, -0.15) is 0 Å². The highest BCUT2D eigenvalue weighted by Gasteiger charge is 2.24. The van der Waals surface area contributed by atoms with Crippen molar-refractivity contribution >= 4 is 12.0 Å². The van der Waals surface area contributed by atoms with Gasteiger partial charge in [-0.1, -0.05) is 12.1 Å². The monoisotopic (exact) mass is 263 g/mol. The maximum Gasteiger partial charge on any atom is 0.293 e. The van der Waals surface area contributed by atoms with E-state index in [1.54, 1.807) is 13.0 Å². The Morgan fingerprint density at radius 2 is 2.21 bits per heavy atom. The predicted molar refractivity (Wildman–Crippen MR) is 68.7 cm³/mol. The number of nitrogens with one attached hydrogen (secondary N) is 1. The van der Waals surface area contributed by atoms with Crippen molar-refractivity contribution in [2.45, 2.75) is 13.0 Å². The van der Waals surface area contributed by atoms with Crippen LogP contribution in [-0.2, 0) is 9.47 Å². The number of aliphatic imine (C=N–C) groups is 2. The average molecular weight is 263 g/mol. The minimum atomic E-state index is -0.224. The number of benzene rings is 1. The van der Waals surface area contributed by atoms with Crippen molar-refractivity contribution in [3.05, 3.63) is 35.1 Å². The zero-order valence-corrected chi connectivity index (χ0v) is 10.5. The molecule has 1 N–H and O–H groups in total. The first-order chi connectivity index (χ1) is 9.24. The van der Waals surface area contributed by atoms with E-state index in [0.29, 0.717) is 37.4 Å². The number of hydrogen-bond acceptors (Lipinski definition) is 5. The SMILES string of the molecule is Cc1c(F)cccc1C1COC(NC2=NCCO2)=N1. The molecule has 0 radical (unpaired) electrons. The Labute approximate surface area is 110 Å². The van der Waals surface area contributed by atoms with Gasteiger partial charge in [-0.05, 0) is 24.1 Å². The molecule has 0 aromatic heterocycles. The summed E-state index contributed by atoms with van der Waals surface area (Å²) in [5.74, 6) is -0.224. The summed E-state index contributed by atoms with van der Waals surface area (Å²) in [7, 11) is 0. The van der Waals surface area contributed by atoms with Crippen molar-refractivity contribution < 1.29 is 13.9 Å². The fourth-order valence-electron chi connectivity index (χ4n) is 2.09. The molecule has 2 heterocycles.